The van der Waals surface area contributed by atoms with Crippen molar-refractivity contribution in [1.82, 2.24) is 0 Å². The van der Waals surface area contributed by atoms with Crippen LogP contribution in [0.5, 0.6) is 5.75 Å². The molecule has 1 aliphatic heterocycles. The van der Waals surface area contributed by atoms with E-state index in [1.807, 2.05) is 30.5 Å². The van der Waals surface area contributed by atoms with Crippen molar-refractivity contribution < 1.29 is 13.2 Å². The Morgan fingerprint density at radius 1 is 1.08 bits per heavy atom. The number of thiophene rings is 1. The zero-order valence-electron chi connectivity index (χ0n) is 13.9. The zero-order chi connectivity index (χ0) is 17.6. The van der Waals surface area contributed by atoms with E-state index in [4.69, 9.17) is 4.74 Å². The predicted octanol–water partition coefficient (Wildman–Crippen LogP) is 4.44. The molecular weight excluding hydrogens is 354 g/mol. The molecule has 0 atom stereocenters. The number of benzene rings is 2. The zero-order valence-corrected chi connectivity index (χ0v) is 15.5. The monoisotopic (exact) mass is 371 g/mol. The summed E-state index contributed by atoms with van der Waals surface area (Å²) in [7, 11) is -2.09. The number of sulfonamides is 1. The third-order valence-electron chi connectivity index (χ3n) is 4.41. The van der Waals surface area contributed by atoms with Crippen LogP contribution in [0.1, 0.15) is 11.1 Å². The minimum atomic E-state index is -3.65. The fraction of sp³-hybridized carbons (Fsp3) is 0.158. The minimum Gasteiger partial charge on any atom is -0.497 e. The second kappa shape index (κ2) is 5.89. The van der Waals surface area contributed by atoms with Gasteiger partial charge in [-0.1, -0.05) is 24.3 Å². The molecule has 0 radical (unpaired) electrons. The van der Waals surface area contributed by atoms with Crippen molar-refractivity contribution in [2.75, 3.05) is 11.4 Å². The molecule has 2 aromatic carbocycles. The first-order valence-corrected chi connectivity index (χ1v) is 10.2. The molecule has 1 aliphatic rings. The Labute approximate surface area is 151 Å². The molecule has 0 saturated heterocycles. The van der Waals surface area contributed by atoms with Crippen LogP contribution in [0.4, 0.5) is 5.69 Å². The largest absolute Gasteiger partial charge is 0.497 e. The van der Waals surface area contributed by atoms with Crippen LogP contribution in [0.25, 0.3) is 10.4 Å². The van der Waals surface area contributed by atoms with Gasteiger partial charge >= 0.3 is 0 Å². The summed E-state index contributed by atoms with van der Waals surface area (Å²) in [6.45, 7) is 2.30. The first-order valence-electron chi connectivity index (χ1n) is 7.85. The molecule has 0 bridgehead atoms. The predicted molar refractivity (Wildman–Crippen MR) is 101 cm³/mol. The highest BCUT2D eigenvalue weighted by Gasteiger charge is 2.33. The van der Waals surface area contributed by atoms with Crippen molar-refractivity contribution in [2.45, 2.75) is 18.4 Å². The van der Waals surface area contributed by atoms with Crippen LogP contribution in [0.15, 0.2) is 58.8 Å². The summed E-state index contributed by atoms with van der Waals surface area (Å²) in [5.41, 5.74) is 3.91. The Morgan fingerprint density at radius 2 is 1.80 bits per heavy atom. The van der Waals surface area contributed by atoms with Gasteiger partial charge in [0, 0.05) is 0 Å². The first-order chi connectivity index (χ1) is 12.0. The third kappa shape index (κ3) is 2.53. The van der Waals surface area contributed by atoms with Gasteiger partial charge in [-0.15, -0.1) is 11.3 Å². The SMILES string of the molecule is COc1ccc(S(=O)(=O)N2Cc3ccccc3-c3scc(C)c32)cc1. The van der Waals surface area contributed by atoms with Crippen molar-refractivity contribution in [1.29, 1.82) is 0 Å². The van der Waals surface area contributed by atoms with E-state index in [9.17, 15) is 8.42 Å². The van der Waals surface area contributed by atoms with E-state index < -0.39 is 10.0 Å². The number of nitrogens with zero attached hydrogens (tertiary/aromatic N) is 1. The van der Waals surface area contributed by atoms with Crippen LogP contribution >= 0.6 is 11.3 Å². The van der Waals surface area contributed by atoms with Gasteiger partial charge in [-0.05, 0) is 53.3 Å². The summed E-state index contributed by atoms with van der Waals surface area (Å²) in [6.07, 6.45) is 0. The first kappa shape index (κ1) is 16.2. The quantitative estimate of drug-likeness (QED) is 0.684. The molecule has 0 unspecified atom stereocenters. The summed E-state index contributed by atoms with van der Waals surface area (Å²) in [5, 5.41) is 2.02. The van der Waals surface area contributed by atoms with E-state index in [1.165, 1.54) is 4.31 Å². The van der Waals surface area contributed by atoms with E-state index in [0.29, 0.717) is 12.3 Å². The maximum Gasteiger partial charge on any atom is 0.264 e. The molecule has 1 aromatic heterocycles. The summed E-state index contributed by atoms with van der Waals surface area (Å²) in [4.78, 5) is 1.28. The van der Waals surface area contributed by atoms with Crippen molar-refractivity contribution >= 4 is 27.0 Å². The normalized spacial score (nSPS) is 13.3. The van der Waals surface area contributed by atoms with Crippen LogP contribution in [-0.4, -0.2) is 15.5 Å². The molecule has 4 rings (SSSR count). The lowest BCUT2D eigenvalue weighted by molar-refractivity contribution is 0.414. The lowest BCUT2D eigenvalue weighted by atomic mass is 10.0. The maximum atomic E-state index is 13.3. The van der Waals surface area contributed by atoms with Gasteiger partial charge < -0.3 is 4.74 Å². The summed E-state index contributed by atoms with van der Waals surface area (Å²) in [6, 6.07) is 14.5. The molecule has 4 nitrogen and oxygen atoms in total. The van der Waals surface area contributed by atoms with Crippen molar-refractivity contribution in [2.24, 2.45) is 0 Å². The highest BCUT2D eigenvalue weighted by molar-refractivity contribution is 7.92. The lowest BCUT2D eigenvalue weighted by Crippen LogP contribution is -2.33. The second-order valence-electron chi connectivity index (χ2n) is 5.94. The van der Waals surface area contributed by atoms with E-state index in [-0.39, 0.29) is 4.90 Å². The molecule has 0 amide bonds. The van der Waals surface area contributed by atoms with Crippen LogP contribution in [0, 0.1) is 6.92 Å². The third-order valence-corrected chi connectivity index (χ3v) is 7.30. The second-order valence-corrected chi connectivity index (χ2v) is 8.68. The van der Waals surface area contributed by atoms with E-state index in [1.54, 1.807) is 42.7 Å². The molecule has 0 saturated carbocycles. The smallest absolute Gasteiger partial charge is 0.264 e. The van der Waals surface area contributed by atoms with Gasteiger partial charge in [0.2, 0.25) is 0 Å². The maximum absolute atomic E-state index is 13.3. The molecule has 6 heteroatoms. The molecule has 0 aliphatic carbocycles. The van der Waals surface area contributed by atoms with Gasteiger partial charge in [0.15, 0.2) is 0 Å². The molecule has 0 spiro atoms. The van der Waals surface area contributed by atoms with Gasteiger partial charge in [-0.3, -0.25) is 4.31 Å². The average Bonchev–Trinajstić information content (AvgIpc) is 3.03. The molecule has 25 heavy (non-hydrogen) atoms. The number of rotatable bonds is 3. The summed E-state index contributed by atoms with van der Waals surface area (Å²) >= 11 is 1.59. The van der Waals surface area contributed by atoms with E-state index in [2.05, 4.69) is 6.07 Å². The highest BCUT2D eigenvalue weighted by atomic mass is 32.2. The number of hydrogen-bond donors (Lipinski definition) is 0. The van der Waals surface area contributed by atoms with E-state index in [0.717, 1.165) is 27.3 Å². The topological polar surface area (TPSA) is 46.6 Å². The van der Waals surface area contributed by atoms with Crippen LogP contribution in [0.3, 0.4) is 0 Å². The number of fused-ring (bicyclic) bond motifs is 3. The molecule has 0 N–H and O–H groups in total. The Balaban J connectivity index is 1.86. The minimum absolute atomic E-state index is 0.268. The van der Waals surface area contributed by atoms with Crippen LogP contribution in [-0.2, 0) is 16.6 Å². The number of hydrogen-bond acceptors (Lipinski definition) is 4. The van der Waals surface area contributed by atoms with Crippen LogP contribution in [0.2, 0.25) is 0 Å². The number of aryl methyl sites for hydroxylation is 1. The van der Waals surface area contributed by atoms with Crippen molar-refractivity contribution in [3.8, 4) is 16.2 Å². The Morgan fingerprint density at radius 3 is 2.52 bits per heavy atom. The molecule has 128 valence electrons. The van der Waals surface area contributed by atoms with Gasteiger partial charge in [0.05, 0.1) is 29.1 Å². The highest BCUT2D eigenvalue weighted by Crippen LogP contribution is 2.47. The van der Waals surface area contributed by atoms with E-state index >= 15 is 0 Å². The number of methoxy groups -OCH3 is 1. The summed E-state index contributed by atoms with van der Waals surface area (Å²) < 4.78 is 33.3. The number of ether oxygens (including phenoxy) is 1. The van der Waals surface area contributed by atoms with Crippen molar-refractivity contribution in [3.63, 3.8) is 0 Å². The van der Waals surface area contributed by atoms with Gasteiger partial charge in [-0.25, -0.2) is 8.42 Å². The molecular formula is C19H17NO3S2. The lowest BCUT2D eigenvalue weighted by Gasteiger charge is -2.30. The summed E-state index contributed by atoms with van der Waals surface area (Å²) in [5.74, 6) is 0.635. The Kier molecular flexibility index (Phi) is 3.81. The average molecular weight is 371 g/mol. The number of anilines is 1. The van der Waals surface area contributed by atoms with Crippen molar-refractivity contribution in [3.05, 3.63) is 65.0 Å². The van der Waals surface area contributed by atoms with Gasteiger partial charge in [0.25, 0.3) is 10.0 Å². The molecule has 3 aromatic rings. The van der Waals surface area contributed by atoms with Gasteiger partial charge in [0.1, 0.15) is 5.75 Å². The van der Waals surface area contributed by atoms with Gasteiger partial charge in [-0.2, -0.15) is 0 Å². The molecule has 2 heterocycles. The Hall–Kier alpha value is -2.31. The van der Waals surface area contributed by atoms with Crippen LogP contribution < -0.4 is 9.04 Å². The fourth-order valence-corrected chi connectivity index (χ4v) is 5.82. The fourth-order valence-electron chi connectivity index (χ4n) is 3.13. The standard InChI is InChI=1S/C19H17NO3S2/c1-13-12-24-19-17-6-4-3-5-14(17)11-20(18(13)19)25(21,22)16-9-7-15(23-2)8-10-16/h3-10,12H,11H2,1-2H3. The Bertz CT molecular complexity index is 1040. The molecule has 0 fully saturated rings.